The van der Waals surface area contributed by atoms with E-state index in [0.29, 0.717) is 5.56 Å². The van der Waals surface area contributed by atoms with E-state index < -0.39 is 0 Å². The van der Waals surface area contributed by atoms with E-state index in [1.807, 2.05) is 17.5 Å². The summed E-state index contributed by atoms with van der Waals surface area (Å²) < 4.78 is 0. The SMILES string of the molecule is N#Cc1ccc(-c2nccs2)cc1. The first-order valence-electron chi connectivity index (χ1n) is 3.80. The van der Waals surface area contributed by atoms with Gasteiger partial charge in [-0.25, -0.2) is 4.98 Å². The number of nitrogens with zero attached hydrogens (tertiary/aromatic N) is 2. The van der Waals surface area contributed by atoms with Gasteiger partial charge in [-0.15, -0.1) is 11.3 Å². The molecule has 0 spiro atoms. The molecular formula is C10H6N2S. The molecule has 0 bridgehead atoms. The van der Waals surface area contributed by atoms with Gasteiger partial charge in [0.25, 0.3) is 0 Å². The van der Waals surface area contributed by atoms with Crippen LogP contribution in [0.2, 0.25) is 0 Å². The van der Waals surface area contributed by atoms with Crippen LogP contribution in [-0.4, -0.2) is 4.98 Å². The van der Waals surface area contributed by atoms with Gasteiger partial charge in [-0.1, -0.05) is 12.1 Å². The van der Waals surface area contributed by atoms with Crippen molar-refractivity contribution >= 4 is 11.3 Å². The lowest BCUT2D eigenvalue weighted by Gasteiger charge is -1.94. The van der Waals surface area contributed by atoms with Gasteiger partial charge in [-0.05, 0) is 12.1 Å². The highest BCUT2D eigenvalue weighted by Crippen LogP contribution is 2.21. The van der Waals surface area contributed by atoms with Crippen molar-refractivity contribution in [3.05, 3.63) is 41.4 Å². The number of thiazole rings is 1. The molecule has 0 amide bonds. The van der Waals surface area contributed by atoms with E-state index in [4.69, 9.17) is 5.26 Å². The summed E-state index contributed by atoms with van der Waals surface area (Å²) in [5.41, 5.74) is 1.74. The third kappa shape index (κ3) is 1.58. The summed E-state index contributed by atoms with van der Waals surface area (Å²) in [4.78, 5) is 4.18. The van der Waals surface area contributed by atoms with Gasteiger partial charge in [-0.2, -0.15) is 5.26 Å². The summed E-state index contributed by atoms with van der Waals surface area (Å²) in [5, 5.41) is 11.5. The second kappa shape index (κ2) is 3.38. The molecule has 62 valence electrons. The Morgan fingerprint density at radius 3 is 2.54 bits per heavy atom. The summed E-state index contributed by atoms with van der Waals surface area (Å²) in [6.45, 7) is 0. The van der Waals surface area contributed by atoms with E-state index in [1.54, 1.807) is 29.7 Å². The average molecular weight is 186 g/mol. The smallest absolute Gasteiger partial charge is 0.123 e. The standard InChI is InChI=1S/C10H6N2S/c11-7-8-1-3-9(4-2-8)10-12-5-6-13-10/h1-6H. The van der Waals surface area contributed by atoms with Crippen LogP contribution in [0.15, 0.2) is 35.8 Å². The fourth-order valence-electron chi connectivity index (χ4n) is 1.05. The van der Waals surface area contributed by atoms with Crippen molar-refractivity contribution in [3.63, 3.8) is 0 Å². The highest BCUT2D eigenvalue weighted by molar-refractivity contribution is 7.13. The number of aromatic nitrogens is 1. The van der Waals surface area contributed by atoms with Crippen molar-refractivity contribution in [3.8, 4) is 16.6 Å². The van der Waals surface area contributed by atoms with Crippen LogP contribution in [-0.2, 0) is 0 Å². The number of benzene rings is 1. The Hall–Kier alpha value is -1.66. The molecule has 0 aliphatic carbocycles. The topological polar surface area (TPSA) is 36.7 Å². The maximum atomic E-state index is 8.60. The third-order valence-electron chi connectivity index (χ3n) is 1.69. The molecule has 0 radical (unpaired) electrons. The molecule has 2 nitrogen and oxygen atoms in total. The van der Waals surface area contributed by atoms with E-state index in [-0.39, 0.29) is 0 Å². The molecule has 2 rings (SSSR count). The minimum absolute atomic E-state index is 0.681. The van der Waals surface area contributed by atoms with Gasteiger partial charge < -0.3 is 0 Å². The van der Waals surface area contributed by atoms with E-state index >= 15 is 0 Å². The summed E-state index contributed by atoms with van der Waals surface area (Å²) >= 11 is 1.60. The number of hydrogen-bond acceptors (Lipinski definition) is 3. The Kier molecular flexibility index (Phi) is 2.07. The Morgan fingerprint density at radius 2 is 2.00 bits per heavy atom. The lowest BCUT2D eigenvalue weighted by atomic mass is 10.1. The van der Waals surface area contributed by atoms with Crippen molar-refractivity contribution in [1.82, 2.24) is 4.98 Å². The quantitative estimate of drug-likeness (QED) is 0.686. The van der Waals surface area contributed by atoms with E-state index in [9.17, 15) is 0 Å². The van der Waals surface area contributed by atoms with Gasteiger partial charge in [0.05, 0.1) is 11.6 Å². The van der Waals surface area contributed by atoms with Crippen molar-refractivity contribution in [2.24, 2.45) is 0 Å². The zero-order chi connectivity index (χ0) is 9.10. The maximum Gasteiger partial charge on any atom is 0.123 e. The molecule has 2 aromatic rings. The van der Waals surface area contributed by atoms with Crippen molar-refractivity contribution in [2.45, 2.75) is 0 Å². The van der Waals surface area contributed by atoms with E-state index in [2.05, 4.69) is 11.1 Å². The summed E-state index contributed by atoms with van der Waals surface area (Å²) in [7, 11) is 0. The lowest BCUT2D eigenvalue weighted by Crippen LogP contribution is -1.76. The van der Waals surface area contributed by atoms with E-state index in [0.717, 1.165) is 10.6 Å². The van der Waals surface area contributed by atoms with Crippen LogP contribution in [0.25, 0.3) is 10.6 Å². The summed E-state index contributed by atoms with van der Waals surface area (Å²) in [6, 6.07) is 9.52. The minimum atomic E-state index is 0.681. The van der Waals surface area contributed by atoms with Crippen LogP contribution in [0.3, 0.4) is 0 Å². The Morgan fingerprint density at radius 1 is 1.23 bits per heavy atom. The number of rotatable bonds is 1. The fourth-order valence-corrected chi connectivity index (χ4v) is 1.70. The average Bonchev–Trinajstić information content (AvgIpc) is 2.71. The van der Waals surface area contributed by atoms with Gasteiger partial charge in [0.1, 0.15) is 5.01 Å². The van der Waals surface area contributed by atoms with Crippen LogP contribution in [0, 0.1) is 11.3 Å². The van der Waals surface area contributed by atoms with Gasteiger partial charge in [-0.3, -0.25) is 0 Å². The van der Waals surface area contributed by atoms with Gasteiger partial charge in [0, 0.05) is 17.1 Å². The molecule has 0 N–H and O–H groups in total. The third-order valence-corrected chi connectivity index (χ3v) is 2.52. The van der Waals surface area contributed by atoms with Crippen LogP contribution in [0.1, 0.15) is 5.56 Å². The van der Waals surface area contributed by atoms with Crippen molar-refractivity contribution in [1.29, 1.82) is 5.26 Å². The molecule has 3 heteroatoms. The number of hydrogen-bond donors (Lipinski definition) is 0. The first-order valence-corrected chi connectivity index (χ1v) is 4.68. The second-order valence-corrected chi connectivity index (χ2v) is 3.42. The van der Waals surface area contributed by atoms with Crippen molar-refractivity contribution in [2.75, 3.05) is 0 Å². The highest BCUT2D eigenvalue weighted by Gasteiger charge is 1.98. The Balaban J connectivity index is 2.40. The van der Waals surface area contributed by atoms with Gasteiger partial charge in [0.2, 0.25) is 0 Å². The van der Waals surface area contributed by atoms with Crippen LogP contribution in [0.5, 0.6) is 0 Å². The summed E-state index contributed by atoms with van der Waals surface area (Å²) in [6.07, 6.45) is 1.78. The molecule has 0 aliphatic heterocycles. The predicted molar refractivity (Wildman–Crippen MR) is 52.3 cm³/mol. The monoisotopic (exact) mass is 186 g/mol. The maximum absolute atomic E-state index is 8.60. The van der Waals surface area contributed by atoms with Gasteiger partial charge in [0.15, 0.2) is 0 Å². The lowest BCUT2D eigenvalue weighted by molar-refractivity contribution is 1.41. The molecule has 13 heavy (non-hydrogen) atoms. The largest absolute Gasteiger partial charge is 0.245 e. The zero-order valence-electron chi connectivity index (χ0n) is 6.77. The normalized spacial score (nSPS) is 9.46. The minimum Gasteiger partial charge on any atom is -0.245 e. The molecule has 1 aromatic heterocycles. The van der Waals surface area contributed by atoms with Crippen LogP contribution in [0.4, 0.5) is 0 Å². The molecule has 0 saturated carbocycles. The second-order valence-electron chi connectivity index (χ2n) is 2.53. The molecule has 0 unspecified atom stereocenters. The summed E-state index contributed by atoms with van der Waals surface area (Å²) in [5.74, 6) is 0. The molecule has 0 atom stereocenters. The van der Waals surface area contributed by atoms with Gasteiger partial charge >= 0.3 is 0 Å². The van der Waals surface area contributed by atoms with Crippen molar-refractivity contribution < 1.29 is 0 Å². The Bertz CT molecular complexity index is 423. The molecule has 0 saturated heterocycles. The first-order chi connectivity index (χ1) is 6.40. The fraction of sp³-hybridized carbons (Fsp3) is 0. The molecular weight excluding hydrogens is 180 g/mol. The Labute approximate surface area is 80.1 Å². The molecule has 1 aromatic carbocycles. The predicted octanol–water partition coefficient (Wildman–Crippen LogP) is 2.68. The van der Waals surface area contributed by atoms with E-state index in [1.165, 1.54) is 0 Å². The molecule has 0 fully saturated rings. The van der Waals surface area contributed by atoms with Crippen LogP contribution < -0.4 is 0 Å². The zero-order valence-corrected chi connectivity index (χ0v) is 7.58. The molecule has 1 heterocycles. The van der Waals surface area contributed by atoms with Crippen LogP contribution >= 0.6 is 11.3 Å². The number of nitriles is 1. The highest BCUT2D eigenvalue weighted by atomic mass is 32.1. The molecule has 0 aliphatic rings. The first kappa shape index (κ1) is 7.96.